The van der Waals surface area contributed by atoms with Crippen LogP contribution in [0.25, 0.3) is 0 Å². The Balaban J connectivity index is 3.32. The van der Waals surface area contributed by atoms with Crippen molar-refractivity contribution in [2.75, 3.05) is 0 Å². The van der Waals surface area contributed by atoms with Crippen LogP contribution in [-0.2, 0) is 18.4 Å². The molecule has 0 aromatic rings. The lowest BCUT2D eigenvalue weighted by Crippen LogP contribution is -1.72. The first-order valence-electron chi connectivity index (χ1n) is 1.66. The van der Waals surface area contributed by atoms with Gasteiger partial charge in [-0.15, -0.1) is 0 Å². The quantitative estimate of drug-likeness (QED) is 0.327. The van der Waals surface area contributed by atoms with Gasteiger partial charge in [-0.3, -0.25) is 4.79 Å². The predicted octanol–water partition coefficient (Wildman–Crippen LogP) is 0.977. The van der Waals surface area contributed by atoms with Gasteiger partial charge in [0.15, 0.2) is 0 Å². The molecule has 44 valence electrons. The summed E-state index contributed by atoms with van der Waals surface area (Å²) in [5.41, 5.74) is 0. The first-order chi connectivity index (χ1) is 3.81. The Bertz CT molecular complexity index is 97.9. The lowest BCUT2D eigenvalue weighted by molar-refractivity contribution is -0.120. The molecule has 5 heteroatoms. The van der Waals surface area contributed by atoms with E-state index in [4.69, 9.17) is 0 Å². The molecule has 1 unspecified atom stereocenters. The molecule has 8 heavy (non-hydrogen) atoms. The monoisotopic (exact) mass is 135 g/mol. The van der Waals surface area contributed by atoms with Crippen LogP contribution < -0.4 is 0 Å². The maximum atomic E-state index is 10.0. The second-order valence-corrected chi connectivity index (χ2v) is 1.57. The van der Waals surface area contributed by atoms with E-state index in [9.17, 15) is 9.36 Å². The maximum Gasteiger partial charge on any atom is 0.807 e. The van der Waals surface area contributed by atoms with Crippen molar-refractivity contribution in [2.45, 2.75) is 0 Å². The molecule has 0 fully saturated rings. The van der Waals surface area contributed by atoms with Crippen LogP contribution in [0.3, 0.4) is 0 Å². The normalized spacial score (nSPS) is 9.25. The van der Waals surface area contributed by atoms with Crippen LogP contribution in [-0.4, -0.2) is 6.47 Å². The van der Waals surface area contributed by atoms with Gasteiger partial charge < -0.3 is 0 Å². The summed E-state index contributed by atoms with van der Waals surface area (Å²) in [6.45, 7) is 3.12. The van der Waals surface area contributed by atoms with Crippen molar-refractivity contribution in [3.8, 4) is 0 Å². The van der Waals surface area contributed by atoms with Crippen LogP contribution in [0.15, 0.2) is 12.8 Å². The summed E-state index contributed by atoms with van der Waals surface area (Å²) in [6, 6.07) is 0. The van der Waals surface area contributed by atoms with Crippen LogP contribution in [0.1, 0.15) is 0 Å². The minimum Gasteiger partial charge on any atom is -0.250 e. The predicted molar refractivity (Wildman–Crippen MR) is 26.0 cm³/mol. The fourth-order valence-electron chi connectivity index (χ4n) is 0.121. The van der Waals surface area contributed by atoms with Gasteiger partial charge in [0.1, 0.15) is 6.26 Å². The van der Waals surface area contributed by atoms with E-state index < -0.39 is 8.25 Å². The first-order valence-corrected chi connectivity index (χ1v) is 2.76. The van der Waals surface area contributed by atoms with E-state index in [2.05, 4.69) is 15.6 Å². The summed E-state index contributed by atoms with van der Waals surface area (Å²) in [5.74, 6) is 0. The minimum atomic E-state index is -2.32. The van der Waals surface area contributed by atoms with Gasteiger partial charge in [-0.25, -0.2) is 4.52 Å². The van der Waals surface area contributed by atoms with Crippen molar-refractivity contribution >= 4 is 14.7 Å². The van der Waals surface area contributed by atoms with Gasteiger partial charge in [-0.05, 0) is 0 Å². The summed E-state index contributed by atoms with van der Waals surface area (Å²) in [7, 11) is -2.32. The highest BCUT2D eigenvalue weighted by Gasteiger charge is 2.17. The highest BCUT2D eigenvalue weighted by Crippen LogP contribution is 2.21. The highest BCUT2D eigenvalue weighted by molar-refractivity contribution is 7.34. The third-order valence-electron chi connectivity index (χ3n) is 0.290. The molecule has 1 atom stereocenters. The van der Waals surface area contributed by atoms with Crippen LogP contribution in [0.2, 0.25) is 0 Å². The Labute approximate surface area is 47.0 Å². The smallest absolute Gasteiger partial charge is 0.250 e. The highest BCUT2D eigenvalue weighted by atomic mass is 31.1. The van der Waals surface area contributed by atoms with Crippen molar-refractivity contribution in [1.82, 2.24) is 0 Å². The molecule has 0 amide bonds. The van der Waals surface area contributed by atoms with Gasteiger partial charge >= 0.3 is 14.7 Å². The van der Waals surface area contributed by atoms with Gasteiger partial charge in [-0.2, -0.15) is 4.52 Å². The molecule has 0 aliphatic rings. The Morgan fingerprint density at radius 2 is 2.12 bits per heavy atom. The molecule has 0 radical (unpaired) electrons. The van der Waals surface area contributed by atoms with Crippen molar-refractivity contribution < 1.29 is 18.4 Å². The molecule has 0 aromatic heterocycles. The van der Waals surface area contributed by atoms with E-state index in [1.54, 1.807) is 0 Å². The van der Waals surface area contributed by atoms with E-state index in [1.807, 2.05) is 0 Å². The summed E-state index contributed by atoms with van der Waals surface area (Å²) in [6.07, 6.45) is 0.933. The van der Waals surface area contributed by atoms with Gasteiger partial charge in [0.25, 0.3) is 0 Å². The first kappa shape index (κ1) is 7.11. The van der Waals surface area contributed by atoms with Crippen molar-refractivity contribution in [3.63, 3.8) is 0 Å². The molecular weight excluding hydrogens is 131 g/mol. The van der Waals surface area contributed by atoms with Crippen LogP contribution in [0.4, 0.5) is 0 Å². The Morgan fingerprint density at radius 1 is 1.50 bits per heavy atom. The second-order valence-electron chi connectivity index (χ2n) is 0.697. The van der Waals surface area contributed by atoms with Crippen molar-refractivity contribution in [1.29, 1.82) is 0 Å². The third kappa shape index (κ3) is 3.31. The summed E-state index contributed by atoms with van der Waals surface area (Å²) >= 11 is 0. The number of rotatable bonds is 4. The summed E-state index contributed by atoms with van der Waals surface area (Å²) in [4.78, 5) is 9.37. The molecule has 0 saturated carbocycles. The molecule has 0 aliphatic carbocycles. The molecule has 0 heterocycles. The van der Waals surface area contributed by atoms with Gasteiger partial charge in [0, 0.05) is 4.57 Å². The molecular formula is C3H4O4P+. The fraction of sp³-hybridized carbons (Fsp3) is 0. The fourth-order valence-corrected chi connectivity index (χ4v) is 0.363. The lowest BCUT2D eigenvalue weighted by Gasteiger charge is -1.71. The molecule has 0 rings (SSSR count). The Hall–Kier alpha value is -0.890. The standard InChI is InChI=1S/C3H4O4P/c1-2-6-8(5)7-3-4/h2-3H,1H2/q+1. The number of carbonyl (C=O) groups excluding carboxylic acids is 1. The van der Waals surface area contributed by atoms with Crippen LogP contribution >= 0.6 is 8.25 Å². The van der Waals surface area contributed by atoms with Gasteiger partial charge in [0.05, 0.1) is 0 Å². The molecule has 0 saturated heterocycles. The Morgan fingerprint density at radius 3 is 2.50 bits per heavy atom. The van der Waals surface area contributed by atoms with E-state index in [-0.39, 0.29) is 6.47 Å². The average molecular weight is 135 g/mol. The van der Waals surface area contributed by atoms with Gasteiger partial charge in [0.2, 0.25) is 0 Å². The van der Waals surface area contributed by atoms with Crippen LogP contribution in [0, 0.1) is 0 Å². The number of hydrogen-bond donors (Lipinski definition) is 0. The molecule has 0 spiro atoms. The van der Waals surface area contributed by atoms with Crippen molar-refractivity contribution in [2.24, 2.45) is 0 Å². The molecule has 0 bridgehead atoms. The second kappa shape index (κ2) is 4.27. The topological polar surface area (TPSA) is 52.6 Å². The minimum absolute atomic E-state index is 0.0439. The van der Waals surface area contributed by atoms with Gasteiger partial charge in [-0.1, -0.05) is 6.58 Å². The third-order valence-corrected chi connectivity index (χ3v) is 0.869. The molecule has 4 nitrogen and oxygen atoms in total. The number of hydrogen-bond acceptors (Lipinski definition) is 4. The molecule has 0 N–H and O–H groups in total. The summed E-state index contributed by atoms with van der Waals surface area (Å²) in [5, 5.41) is 0. The largest absolute Gasteiger partial charge is 0.807 e. The zero-order valence-electron chi connectivity index (χ0n) is 3.94. The van der Waals surface area contributed by atoms with E-state index >= 15 is 0 Å². The number of carbonyl (C=O) groups is 1. The molecule has 0 aliphatic heterocycles. The van der Waals surface area contributed by atoms with Crippen LogP contribution in [0.5, 0.6) is 0 Å². The van der Waals surface area contributed by atoms with Crippen molar-refractivity contribution in [3.05, 3.63) is 12.8 Å². The zero-order chi connectivity index (χ0) is 6.41. The molecule has 0 aromatic carbocycles. The average Bonchev–Trinajstić information content (AvgIpc) is 1.68. The summed E-state index contributed by atoms with van der Waals surface area (Å²) < 4.78 is 18.0. The van der Waals surface area contributed by atoms with E-state index in [0.717, 1.165) is 6.26 Å². The van der Waals surface area contributed by atoms with E-state index in [0.29, 0.717) is 0 Å². The van der Waals surface area contributed by atoms with E-state index in [1.165, 1.54) is 0 Å². The zero-order valence-corrected chi connectivity index (χ0v) is 4.84. The SMILES string of the molecule is C=CO[P+](=O)OC=O. The Kier molecular flexibility index (Phi) is 3.80. The lowest BCUT2D eigenvalue weighted by atomic mass is 11.2. The maximum absolute atomic E-state index is 10.0.